The first kappa shape index (κ1) is 15.8. The first-order valence-electron chi connectivity index (χ1n) is 5.63. The van der Waals surface area contributed by atoms with Crippen LogP contribution < -0.4 is 10.6 Å². The summed E-state index contributed by atoms with van der Waals surface area (Å²) in [5, 5.41) is 6.91. The Morgan fingerprint density at radius 3 is 2.89 bits per heavy atom. The fraction of sp³-hybridized carbons (Fsp3) is 0.417. The van der Waals surface area contributed by atoms with Crippen LogP contribution in [-0.2, 0) is 0 Å². The van der Waals surface area contributed by atoms with Crippen molar-refractivity contribution in [2.24, 2.45) is 0 Å². The summed E-state index contributed by atoms with van der Waals surface area (Å²) in [5.74, 6) is -0.0535. The summed E-state index contributed by atoms with van der Waals surface area (Å²) < 4.78 is 0.728. The Kier molecular flexibility index (Phi) is 6.43. The normalized spacial score (nSPS) is 18.9. The molecular formula is C12H15BrCl2N2O. The molecule has 1 aromatic rings. The molecule has 0 bridgehead atoms. The first-order chi connectivity index (χ1) is 8.16. The van der Waals surface area contributed by atoms with E-state index in [0.717, 1.165) is 30.4 Å². The van der Waals surface area contributed by atoms with E-state index in [1.807, 2.05) is 0 Å². The molecule has 1 heterocycles. The van der Waals surface area contributed by atoms with E-state index in [9.17, 15) is 4.79 Å². The minimum absolute atomic E-state index is 0. The number of carbonyl (C=O) groups is 1. The third-order valence-electron chi connectivity index (χ3n) is 2.81. The molecule has 1 saturated heterocycles. The molecule has 0 spiro atoms. The third kappa shape index (κ3) is 4.12. The van der Waals surface area contributed by atoms with Crippen LogP contribution in [0.4, 0.5) is 0 Å². The van der Waals surface area contributed by atoms with Crippen molar-refractivity contribution in [1.29, 1.82) is 0 Å². The maximum Gasteiger partial charge on any atom is 0.252 e. The van der Waals surface area contributed by atoms with E-state index < -0.39 is 0 Å². The Morgan fingerprint density at radius 2 is 2.28 bits per heavy atom. The Bertz CT molecular complexity index is 423. The Labute approximate surface area is 126 Å². The lowest BCUT2D eigenvalue weighted by Gasteiger charge is -2.24. The van der Waals surface area contributed by atoms with Gasteiger partial charge in [-0.25, -0.2) is 0 Å². The van der Waals surface area contributed by atoms with Crippen molar-refractivity contribution in [2.75, 3.05) is 13.1 Å². The number of hydrogen-bond donors (Lipinski definition) is 2. The molecule has 0 aliphatic carbocycles. The summed E-state index contributed by atoms with van der Waals surface area (Å²) >= 11 is 9.19. The highest BCUT2D eigenvalue weighted by Crippen LogP contribution is 2.21. The molecule has 0 radical (unpaired) electrons. The molecule has 1 aliphatic heterocycles. The number of piperidine rings is 1. The predicted molar refractivity (Wildman–Crippen MR) is 79.8 cm³/mol. The highest BCUT2D eigenvalue weighted by Gasteiger charge is 2.17. The van der Waals surface area contributed by atoms with Crippen LogP contribution >= 0.6 is 39.9 Å². The highest BCUT2D eigenvalue weighted by molar-refractivity contribution is 9.10. The van der Waals surface area contributed by atoms with Crippen LogP contribution in [0.2, 0.25) is 5.02 Å². The summed E-state index contributed by atoms with van der Waals surface area (Å²) in [6.07, 6.45) is 2.14. The van der Waals surface area contributed by atoms with Crippen LogP contribution in [0.1, 0.15) is 23.2 Å². The fourth-order valence-corrected chi connectivity index (χ4v) is 2.77. The molecule has 1 atom stereocenters. The number of amides is 1. The molecule has 0 aromatic heterocycles. The van der Waals surface area contributed by atoms with Gasteiger partial charge in [-0.05, 0) is 53.5 Å². The largest absolute Gasteiger partial charge is 0.348 e. The lowest BCUT2D eigenvalue weighted by atomic mass is 10.1. The summed E-state index contributed by atoms with van der Waals surface area (Å²) in [6, 6.07) is 5.41. The van der Waals surface area contributed by atoms with Crippen molar-refractivity contribution < 1.29 is 4.79 Å². The van der Waals surface area contributed by atoms with Gasteiger partial charge in [-0.2, -0.15) is 0 Å². The molecule has 100 valence electrons. The average Bonchev–Trinajstić information content (AvgIpc) is 2.30. The molecule has 2 N–H and O–H groups in total. The Morgan fingerprint density at radius 1 is 1.50 bits per heavy atom. The topological polar surface area (TPSA) is 41.1 Å². The van der Waals surface area contributed by atoms with Gasteiger partial charge in [-0.1, -0.05) is 11.6 Å². The van der Waals surface area contributed by atoms with Crippen molar-refractivity contribution in [3.8, 4) is 0 Å². The number of halogens is 3. The SMILES string of the molecule is Cl.O=C(N[C@@H]1CCCNC1)c1ccc(Cl)cc1Br. The molecule has 1 fully saturated rings. The maximum absolute atomic E-state index is 12.0. The van der Waals surface area contributed by atoms with E-state index in [-0.39, 0.29) is 24.4 Å². The van der Waals surface area contributed by atoms with E-state index in [1.165, 1.54) is 0 Å². The predicted octanol–water partition coefficient (Wildman–Crippen LogP) is 3.01. The molecule has 0 saturated carbocycles. The van der Waals surface area contributed by atoms with E-state index >= 15 is 0 Å². The molecule has 18 heavy (non-hydrogen) atoms. The van der Waals surface area contributed by atoms with Crippen molar-refractivity contribution in [3.63, 3.8) is 0 Å². The molecule has 1 amide bonds. The highest BCUT2D eigenvalue weighted by atomic mass is 79.9. The summed E-state index contributed by atoms with van der Waals surface area (Å²) in [6.45, 7) is 1.88. The maximum atomic E-state index is 12.0. The van der Waals surface area contributed by atoms with Crippen molar-refractivity contribution in [1.82, 2.24) is 10.6 Å². The quantitative estimate of drug-likeness (QED) is 0.858. The second-order valence-corrected chi connectivity index (χ2v) is 5.43. The second-order valence-electron chi connectivity index (χ2n) is 4.14. The van der Waals surface area contributed by atoms with Crippen molar-refractivity contribution in [2.45, 2.75) is 18.9 Å². The molecule has 1 aromatic carbocycles. The van der Waals surface area contributed by atoms with E-state index in [1.54, 1.807) is 18.2 Å². The van der Waals surface area contributed by atoms with E-state index in [4.69, 9.17) is 11.6 Å². The van der Waals surface area contributed by atoms with Crippen LogP contribution in [-0.4, -0.2) is 25.0 Å². The van der Waals surface area contributed by atoms with Crippen LogP contribution in [0, 0.1) is 0 Å². The van der Waals surface area contributed by atoms with Crippen LogP contribution in [0.3, 0.4) is 0 Å². The minimum atomic E-state index is -0.0535. The fourth-order valence-electron chi connectivity index (χ4n) is 1.91. The van der Waals surface area contributed by atoms with Gasteiger partial charge < -0.3 is 10.6 Å². The second kappa shape index (κ2) is 7.34. The van der Waals surface area contributed by atoms with Gasteiger partial charge in [0.1, 0.15) is 0 Å². The smallest absolute Gasteiger partial charge is 0.252 e. The van der Waals surface area contributed by atoms with Gasteiger partial charge in [0.05, 0.1) is 5.56 Å². The third-order valence-corrected chi connectivity index (χ3v) is 3.70. The van der Waals surface area contributed by atoms with E-state index in [0.29, 0.717) is 10.6 Å². The standard InChI is InChI=1S/C12H14BrClN2O.ClH/c13-11-6-8(14)3-4-10(11)12(17)16-9-2-1-5-15-7-9;/h3-4,6,9,15H,1-2,5,7H2,(H,16,17);1H/t9-;/m1./s1. The summed E-state index contributed by atoms with van der Waals surface area (Å²) in [7, 11) is 0. The summed E-state index contributed by atoms with van der Waals surface area (Å²) in [4.78, 5) is 12.0. The van der Waals surface area contributed by atoms with Gasteiger partial charge in [0.2, 0.25) is 0 Å². The van der Waals surface area contributed by atoms with Crippen LogP contribution in [0.25, 0.3) is 0 Å². The lowest BCUT2D eigenvalue weighted by molar-refractivity contribution is 0.0930. The van der Waals surface area contributed by atoms with Crippen LogP contribution in [0.15, 0.2) is 22.7 Å². The molecular weight excluding hydrogens is 339 g/mol. The zero-order valence-electron chi connectivity index (χ0n) is 9.71. The Hall–Kier alpha value is -0.290. The van der Waals surface area contributed by atoms with Gasteiger partial charge in [-0.15, -0.1) is 12.4 Å². The molecule has 2 rings (SSSR count). The van der Waals surface area contributed by atoms with Crippen molar-refractivity contribution >= 4 is 45.8 Å². The van der Waals surface area contributed by atoms with Crippen LogP contribution in [0.5, 0.6) is 0 Å². The zero-order valence-corrected chi connectivity index (χ0v) is 12.9. The van der Waals surface area contributed by atoms with Gasteiger partial charge in [0.25, 0.3) is 5.91 Å². The number of nitrogens with one attached hydrogen (secondary N) is 2. The summed E-state index contributed by atoms with van der Waals surface area (Å²) in [5.41, 5.74) is 0.625. The molecule has 6 heteroatoms. The Balaban J connectivity index is 0.00000162. The number of hydrogen-bond acceptors (Lipinski definition) is 2. The molecule has 1 aliphatic rings. The number of carbonyl (C=O) groups excluding carboxylic acids is 1. The van der Waals surface area contributed by atoms with Crippen molar-refractivity contribution in [3.05, 3.63) is 33.3 Å². The number of rotatable bonds is 2. The van der Waals surface area contributed by atoms with E-state index in [2.05, 4.69) is 26.6 Å². The molecule has 3 nitrogen and oxygen atoms in total. The number of benzene rings is 1. The van der Waals surface area contributed by atoms with Gasteiger partial charge in [-0.3, -0.25) is 4.79 Å². The lowest BCUT2D eigenvalue weighted by Crippen LogP contribution is -2.45. The minimum Gasteiger partial charge on any atom is -0.348 e. The first-order valence-corrected chi connectivity index (χ1v) is 6.80. The monoisotopic (exact) mass is 352 g/mol. The molecule has 0 unspecified atom stereocenters. The van der Waals surface area contributed by atoms with Gasteiger partial charge in [0, 0.05) is 22.1 Å². The average molecular weight is 354 g/mol. The van der Waals surface area contributed by atoms with Gasteiger partial charge in [0.15, 0.2) is 0 Å². The van der Waals surface area contributed by atoms with Gasteiger partial charge >= 0.3 is 0 Å². The zero-order chi connectivity index (χ0) is 12.3.